The minimum Gasteiger partial charge on any atom is -0.497 e. The molecule has 2 nitrogen and oxygen atoms in total. The molecule has 2 aliphatic rings. The van der Waals surface area contributed by atoms with Gasteiger partial charge in [-0.1, -0.05) is 19.3 Å². The molecule has 1 N–H and O–H groups in total. The number of methoxy groups -OCH3 is 1. The van der Waals surface area contributed by atoms with Crippen LogP contribution in [0, 0.1) is 5.41 Å². The van der Waals surface area contributed by atoms with Crippen LogP contribution >= 0.6 is 11.8 Å². The van der Waals surface area contributed by atoms with Gasteiger partial charge in [-0.05, 0) is 30.4 Å². The van der Waals surface area contributed by atoms with Crippen molar-refractivity contribution < 1.29 is 4.74 Å². The molecule has 0 saturated heterocycles. The molecule has 1 aliphatic carbocycles. The van der Waals surface area contributed by atoms with Crippen molar-refractivity contribution in [2.75, 3.05) is 24.7 Å². The zero-order valence-electron chi connectivity index (χ0n) is 11.0. The minimum atomic E-state index is 0.523. The van der Waals surface area contributed by atoms with E-state index in [1.165, 1.54) is 48.4 Å². The van der Waals surface area contributed by atoms with Crippen molar-refractivity contribution in [1.82, 2.24) is 0 Å². The number of nitrogens with one attached hydrogen (secondary N) is 1. The number of hydrogen-bond donors (Lipinski definition) is 1. The van der Waals surface area contributed by atoms with Crippen molar-refractivity contribution >= 4 is 17.4 Å². The molecule has 3 rings (SSSR count). The highest BCUT2D eigenvalue weighted by molar-refractivity contribution is 7.99. The molecule has 0 aromatic heterocycles. The third-order valence-corrected chi connectivity index (χ3v) is 5.71. The van der Waals surface area contributed by atoms with Gasteiger partial charge in [0.25, 0.3) is 0 Å². The van der Waals surface area contributed by atoms with E-state index in [0.717, 1.165) is 12.3 Å². The van der Waals surface area contributed by atoms with Gasteiger partial charge in [-0.25, -0.2) is 0 Å². The molecule has 0 amide bonds. The number of benzene rings is 1. The van der Waals surface area contributed by atoms with Crippen molar-refractivity contribution in [3.8, 4) is 5.75 Å². The molecular formula is C15H21NOS. The number of rotatable bonds is 1. The van der Waals surface area contributed by atoms with Crippen LogP contribution in [0.2, 0.25) is 0 Å². The lowest BCUT2D eigenvalue weighted by molar-refractivity contribution is 0.241. The first kappa shape index (κ1) is 12.2. The van der Waals surface area contributed by atoms with E-state index in [4.69, 9.17) is 4.74 Å². The maximum Gasteiger partial charge on any atom is 0.121 e. The molecule has 0 atom stereocenters. The molecule has 0 bridgehead atoms. The van der Waals surface area contributed by atoms with Gasteiger partial charge in [0.15, 0.2) is 0 Å². The molecule has 1 heterocycles. The molecule has 1 spiro atoms. The molecule has 1 saturated carbocycles. The molecule has 0 radical (unpaired) electrons. The van der Waals surface area contributed by atoms with E-state index in [1.807, 2.05) is 11.8 Å². The number of hydrogen-bond acceptors (Lipinski definition) is 3. The Morgan fingerprint density at radius 2 is 2.06 bits per heavy atom. The Morgan fingerprint density at radius 3 is 2.83 bits per heavy atom. The van der Waals surface area contributed by atoms with Crippen molar-refractivity contribution in [3.63, 3.8) is 0 Å². The molecule has 1 aromatic carbocycles. The van der Waals surface area contributed by atoms with Crippen molar-refractivity contribution in [2.45, 2.75) is 37.0 Å². The third kappa shape index (κ3) is 2.33. The molecule has 1 fully saturated rings. The second kappa shape index (κ2) is 5.04. The van der Waals surface area contributed by atoms with Crippen molar-refractivity contribution in [3.05, 3.63) is 18.2 Å². The van der Waals surface area contributed by atoms with Gasteiger partial charge in [-0.2, -0.15) is 0 Å². The first-order valence-electron chi connectivity index (χ1n) is 6.86. The Hall–Kier alpha value is -0.830. The van der Waals surface area contributed by atoms with Gasteiger partial charge in [0.2, 0.25) is 0 Å². The summed E-state index contributed by atoms with van der Waals surface area (Å²) >= 11 is 2.02. The van der Waals surface area contributed by atoms with Gasteiger partial charge in [-0.15, -0.1) is 11.8 Å². The minimum absolute atomic E-state index is 0.523. The monoisotopic (exact) mass is 263 g/mol. The Morgan fingerprint density at radius 1 is 1.22 bits per heavy atom. The molecule has 98 valence electrons. The molecule has 1 aromatic rings. The van der Waals surface area contributed by atoms with E-state index < -0.39 is 0 Å². The summed E-state index contributed by atoms with van der Waals surface area (Å²) in [7, 11) is 1.73. The zero-order chi connectivity index (χ0) is 12.4. The van der Waals surface area contributed by atoms with Gasteiger partial charge in [0.05, 0.1) is 12.8 Å². The van der Waals surface area contributed by atoms with E-state index in [2.05, 4.69) is 23.5 Å². The largest absolute Gasteiger partial charge is 0.497 e. The highest BCUT2D eigenvalue weighted by Gasteiger charge is 2.34. The summed E-state index contributed by atoms with van der Waals surface area (Å²) in [5.74, 6) is 2.21. The van der Waals surface area contributed by atoms with Crippen LogP contribution in [0.4, 0.5) is 5.69 Å². The van der Waals surface area contributed by atoms with Gasteiger partial charge in [0.1, 0.15) is 5.75 Å². The lowest BCUT2D eigenvalue weighted by Crippen LogP contribution is -2.33. The Kier molecular flexibility index (Phi) is 3.42. The summed E-state index contributed by atoms with van der Waals surface area (Å²) in [5, 5.41) is 3.66. The number of thioether (sulfide) groups is 1. The highest BCUT2D eigenvalue weighted by Crippen LogP contribution is 2.45. The van der Waals surface area contributed by atoms with Crippen LogP contribution in [-0.4, -0.2) is 19.4 Å². The van der Waals surface area contributed by atoms with Gasteiger partial charge in [0, 0.05) is 23.3 Å². The summed E-state index contributed by atoms with van der Waals surface area (Å²) in [4.78, 5) is 1.37. The highest BCUT2D eigenvalue weighted by atomic mass is 32.2. The Labute approximate surface area is 113 Å². The zero-order valence-corrected chi connectivity index (χ0v) is 11.8. The first-order valence-corrected chi connectivity index (χ1v) is 7.85. The standard InChI is InChI=1S/C15H21NOS/c1-17-12-5-6-14-13(9-12)16-10-15(11-18-14)7-3-2-4-8-15/h5-6,9,16H,2-4,7-8,10-11H2,1H3. The first-order chi connectivity index (χ1) is 8.81. The fourth-order valence-electron chi connectivity index (χ4n) is 3.09. The van der Waals surface area contributed by atoms with E-state index >= 15 is 0 Å². The third-order valence-electron chi connectivity index (χ3n) is 4.29. The van der Waals surface area contributed by atoms with Crippen molar-refractivity contribution in [2.24, 2.45) is 5.41 Å². The molecule has 18 heavy (non-hydrogen) atoms. The summed E-state index contributed by atoms with van der Waals surface area (Å²) in [6, 6.07) is 6.38. The summed E-state index contributed by atoms with van der Waals surface area (Å²) in [6.07, 6.45) is 7.01. The molecule has 3 heteroatoms. The van der Waals surface area contributed by atoms with Crippen LogP contribution in [0.5, 0.6) is 5.75 Å². The molecular weight excluding hydrogens is 242 g/mol. The maximum atomic E-state index is 5.31. The molecule has 0 unspecified atom stereocenters. The predicted octanol–water partition coefficient (Wildman–Crippen LogP) is 4.16. The SMILES string of the molecule is COc1ccc2c(c1)NCC1(CCCCC1)CS2. The van der Waals surface area contributed by atoms with Crippen LogP contribution in [-0.2, 0) is 0 Å². The average Bonchev–Trinajstić information content (AvgIpc) is 2.60. The molecule has 1 aliphatic heterocycles. The number of anilines is 1. The van der Waals surface area contributed by atoms with Crippen molar-refractivity contribution in [1.29, 1.82) is 0 Å². The normalized spacial score (nSPS) is 21.8. The summed E-state index contributed by atoms with van der Waals surface area (Å²) in [5.41, 5.74) is 1.77. The lowest BCUT2D eigenvalue weighted by Gasteiger charge is -2.35. The van der Waals surface area contributed by atoms with E-state index in [1.54, 1.807) is 7.11 Å². The number of ether oxygens (including phenoxy) is 1. The van der Waals surface area contributed by atoms with Gasteiger partial charge in [-0.3, -0.25) is 0 Å². The quantitative estimate of drug-likeness (QED) is 0.822. The van der Waals surface area contributed by atoms with Crippen LogP contribution in [0.25, 0.3) is 0 Å². The van der Waals surface area contributed by atoms with Crippen LogP contribution in [0.3, 0.4) is 0 Å². The van der Waals surface area contributed by atoms with Gasteiger partial charge < -0.3 is 10.1 Å². The lowest BCUT2D eigenvalue weighted by atomic mass is 9.75. The van der Waals surface area contributed by atoms with E-state index in [9.17, 15) is 0 Å². The van der Waals surface area contributed by atoms with E-state index in [0.29, 0.717) is 5.41 Å². The van der Waals surface area contributed by atoms with E-state index in [-0.39, 0.29) is 0 Å². The maximum absolute atomic E-state index is 5.31. The fraction of sp³-hybridized carbons (Fsp3) is 0.600. The fourth-order valence-corrected chi connectivity index (χ4v) is 4.39. The van der Waals surface area contributed by atoms with Gasteiger partial charge >= 0.3 is 0 Å². The van der Waals surface area contributed by atoms with Crippen LogP contribution < -0.4 is 10.1 Å². The second-order valence-electron chi connectivity index (χ2n) is 5.56. The summed E-state index contributed by atoms with van der Waals surface area (Å²) in [6.45, 7) is 1.13. The smallest absolute Gasteiger partial charge is 0.121 e. The van der Waals surface area contributed by atoms with Crippen LogP contribution in [0.15, 0.2) is 23.1 Å². The predicted molar refractivity (Wildman–Crippen MR) is 77.7 cm³/mol. The average molecular weight is 263 g/mol. The Balaban J connectivity index is 1.81. The number of fused-ring (bicyclic) bond motifs is 1. The topological polar surface area (TPSA) is 21.3 Å². The summed E-state index contributed by atoms with van der Waals surface area (Å²) < 4.78 is 5.31. The second-order valence-corrected chi connectivity index (χ2v) is 6.58. The Bertz CT molecular complexity index is 427. The van der Waals surface area contributed by atoms with Crippen LogP contribution in [0.1, 0.15) is 32.1 Å².